The van der Waals surface area contributed by atoms with Crippen LogP contribution in [0.4, 0.5) is 4.79 Å². The second-order valence-electron chi connectivity index (χ2n) is 6.97. The Morgan fingerprint density at radius 3 is 2.19 bits per heavy atom. The van der Waals surface area contributed by atoms with Gasteiger partial charge in [0, 0.05) is 10.6 Å². The first kappa shape index (κ1) is 24.0. The number of carbonyl (C=O) groups is 3. The molecule has 0 spiro atoms. The van der Waals surface area contributed by atoms with Gasteiger partial charge in [0.2, 0.25) is 0 Å². The molecule has 0 bridgehead atoms. The lowest BCUT2D eigenvalue weighted by molar-refractivity contribution is -0.124. The zero-order valence-electron chi connectivity index (χ0n) is 17.6. The van der Waals surface area contributed by atoms with E-state index >= 15 is 0 Å². The minimum atomic E-state index is -0.855. The molecule has 2 rings (SSSR count). The van der Waals surface area contributed by atoms with Gasteiger partial charge in [0.25, 0.3) is 11.8 Å². The van der Waals surface area contributed by atoms with Gasteiger partial charge >= 0.3 is 6.09 Å². The molecule has 31 heavy (non-hydrogen) atoms. The Labute approximate surface area is 186 Å². The van der Waals surface area contributed by atoms with Crippen molar-refractivity contribution in [1.29, 1.82) is 0 Å². The number of nitrogens with one attached hydrogen (secondary N) is 3. The van der Waals surface area contributed by atoms with Gasteiger partial charge in [-0.15, -0.1) is 0 Å². The SMILES string of the molecule is CCOC(=O)NC(C(=O)NNC(=O)c1ccc(COc2ccc(Cl)cc2)cc1)C(C)C. The van der Waals surface area contributed by atoms with Crippen molar-refractivity contribution in [2.24, 2.45) is 5.92 Å². The normalized spacial score (nSPS) is 11.4. The molecule has 0 radical (unpaired) electrons. The maximum absolute atomic E-state index is 12.3. The van der Waals surface area contributed by atoms with Gasteiger partial charge in [0.05, 0.1) is 6.61 Å². The van der Waals surface area contributed by atoms with Crippen LogP contribution in [-0.2, 0) is 16.1 Å². The molecule has 2 aromatic rings. The Kier molecular flexibility index (Phi) is 9.14. The first-order valence-corrected chi connectivity index (χ1v) is 10.2. The van der Waals surface area contributed by atoms with E-state index in [0.29, 0.717) is 22.9 Å². The Morgan fingerprint density at radius 1 is 0.968 bits per heavy atom. The van der Waals surface area contributed by atoms with Crippen LogP contribution in [0.5, 0.6) is 5.75 Å². The highest BCUT2D eigenvalue weighted by Crippen LogP contribution is 2.17. The van der Waals surface area contributed by atoms with Crippen molar-refractivity contribution in [3.8, 4) is 5.75 Å². The summed E-state index contributed by atoms with van der Waals surface area (Å²) < 4.78 is 10.5. The molecule has 3 N–H and O–H groups in total. The molecule has 9 heteroatoms. The van der Waals surface area contributed by atoms with Crippen LogP contribution >= 0.6 is 11.6 Å². The molecule has 2 aromatic carbocycles. The third-order valence-electron chi connectivity index (χ3n) is 4.23. The number of hydrogen-bond acceptors (Lipinski definition) is 5. The highest BCUT2D eigenvalue weighted by atomic mass is 35.5. The molecule has 1 unspecified atom stereocenters. The highest BCUT2D eigenvalue weighted by molar-refractivity contribution is 6.30. The van der Waals surface area contributed by atoms with E-state index in [4.69, 9.17) is 21.1 Å². The first-order chi connectivity index (χ1) is 14.8. The largest absolute Gasteiger partial charge is 0.489 e. The number of hydrazine groups is 1. The zero-order chi connectivity index (χ0) is 22.8. The van der Waals surface area contributed by atoms with E-state index in [1.165, 1.54) is 0 Å². The molecule has 0 aromatic heterocycles. The predicted molar refractivity (Wildman–Crippen MR) is 117 cm³/mol. The summed E-state index contributed by atoms with van der Waals surface area (Å²) in [5.41, 5.74) is 5.90. The van der Waals surface area contributed by atoms with Crippen molar-refractivity contribution in [2.75, 3.05) is 6.61 Å². The monoisotopic (exact) mass is 447 g/mol. The highest BCUT2D eigenvalue weighted by Gasteiger charge is 2.25. The quantitative estimate of drug-likeness (QED) is 0.537. The molecule has 0 aliphatic carbocycles. The number of hydrogen-bond donors (Lipinski definition) is 3. The van der Waals surface area contributed by atoms with Crippen LogP contribution < -0.4 is 20.9 Å². The van der Waals surface area contributed by atoms with Crippen molar-refractivity contribution in [3.05, 3.63) is 64.7 Å². The second-order valence-corrected chi connectivity index (χ2v) is 7.41. The van der Waals surface area contributed by atoms with Crippen LogP contribution in [-0.4, -0.2) is 30.6 Å². The number of benzene rings is 2. The number of amides is 3. The predicted octanol–water partition coefficient (Wildman–Crippen LogP) is 3.45. The van der Waals surface area contributed by atoms with Gasteiger partial charge in [-0.3, -0.25) is 20.4 Å². The summed E-state index contributed by atoms with van der Waals surface area (Å²) in [4.78, 5) is 36.2. The smallest absolute Gasteiger partial charge is 0.407 e. The molecule has 0 saturated heterocycles. The molecule has 1 atom stereocenters. The fourth-order valence-corrected chi connectivity index (χ4v) is 2.68. The standard InChI is InChI=1S/C22H26ClN3O5/c1-4-30-22(29)24-19(14(2)3)21(28)26-25-20(27)16-7-5-15(6-8-16)13-31-18-11-9-17(23)10-12-18/h5-12,14,19H,4,13H2,1-3H3,(H,24,29)(H,25,27)(H,26,28). The summed E-state index contributed by atoms with van der Waals surface area (Å²) >= 11 is 5.84. The second kappa shape index (κ2) is 11.8. The Hall–Kier alpha value is -3.26. The third kappa shape index (κ3) is 7.82. The summed E-state index contributed by atoms with van der Waals surface area (Å²) in [5, 5.41) is 3.10. The average Bonchev–Trinajstić information content (AvgIpc) is 2.75. The lowest BCUT2D eigenvalue weighted by Crippen LogP contribution is -2.54. The van der Waals surface area contributed by atoms with Gasteiger partial charge in [-0.1, -0.05) is 37.6 Å². The number of rotatable bonds is 8. The number of ether oxygens (including phenoxy) is 2. The van der Waals surface area contributed by atoms with E-state index < -0.39 is 23.9 Å². The summed E-state index contributed by atoms with van der Waals surface area (Å²) in [5.74, 6) is -0.562. The molecule has 8 nitrogen and oxygen atoms in total. The van der Waals surface area contributed by atoms with Crippen molar-refractivity contribution >= 4 is 29.5 Å². The Morgan fingerprint density at radius 2 is 1.61 bits per heavy atom. The first-order valence-electron chi connectivity index (χ1n) is 9.81. The molecule has 0 saturated carbocycles. The van der Waals surface area contributed by atoms with Crippen LogP contribution in [0.2, 0.25) is 5.02 Å². The fraction of sp³-hybridized carbons (Fsp3) is 0.318. The van der Waals surface area contributed by atoms with E-state index in [-0.39, 0.29) is 12.5 Å². The van der Waals surface area contributed by atoms with Crippen molar-refractivity contribution in [2.45, 2.75) is 33.4 Å². The molecule has 0 fully saturated rings. The van der Waals surface area contributed by atoms with Gasteiger partial charge in [0.15, 0.2) is 0 Å². The lowest BCUT2D eigenvalue weighted by Gasteiger charge is -2.21. The molecule has 0 aliphatic heterocycles. The van der Waals surface area contributed by atoms with Gasteiger partial charge < -0.3 is 14.8 Å². The van der Waals surface area contributed by atoms with Crippen LogP contribution in [0.3, 0.4) is 0 Å². The maximum Gasteiger partial charge on any atom is 0.407 e. The Bertz CT molecular complexity index is 885. The summed E-state index contributed by atoms with van der Waals surface area (Å²) in [6.45, 7) is 5.72. The Balaban J connectivity index is 1.86. The number of alkyl carbamates (subject to hydrolysis) is 1. The average molecular weight is 448 g/mol. The molecule has 0 heterocycles. The van der Waals surface area contributed by atoms with Gasteiger partial charge in [-0.2, -0.15) is 0 Å². The topological polar surface area (TPSA) is 106 Å². The van der Waals surface area contributed by atoms with E-state index in [0.717, 1.165) is 5.56 Å². The van der Waals surface area contributed by atoms with E-state index in [9.17, 15) is 14.4 Å². The molecule has 166 valence electrons. The van der Waals surface area contributed by atoms with Crippen molar-refractivity contribution in [3.63, 3.8) is 0 Å². The molecular formula is C22H26ClN3O5. The van der Waals surface area contributed by atoms with Gasteiger partial charge in [-0.05, 0) is 54.8 Å². The maximum atomic E-state index is 12.3. The third-order valence-corrected chi connectivity index (χ3v) is 4.48. The minimum absolute atomic E-state index is 0.190. The fourth-order valence-electron chi connectivity index (χ4n) is 2.55. The van der Waals surface area contributed by atoms with E-state index in [1.807, 2.05) is 0 Å². The zero-order valence-corrected chi connectivity index (χ0v) is 18.4. The lowest BCUT2D eigenvalue weighted by atomic mass is 10.0. The number of carbonyl (C=O) groups excluding carboxylic acids is 3. The summed E-state index contributed by atoms with van der Waals surface area (Å²) in [6, 6.07) is 12.9. The summed E-state index contributed by atoms with van der Waals surface area (Å²) in [7, 11) is 0. The molecule has 0 aliphatic rings. The van der Waals surface area contributed by atoms with Crippen LogP contribution in [0.15, 0.2) is 48.5 Å². The van der Waals surface area contributed by atoms with Gasteiger partial charge in [-0.25, -0.2) is 4.79 Å². The molecule has 3 amide bonds. The van der Waals surface area contributed by atoms with E-state index in [2.05, 4.69) is 16.2 Å². The minimum Gasteiger partial charge on any atom is -0.489 e. The van der Waals surface area contributed by atoms with Crippen LogP contribution in [0, 0.1) is 5.92 Å². The van der Waals surface area contributed by atoms with Crippen LogP contribution in [0.25, 0.3) is 0 Å². The van der Waals surface area contributed by atoms with Gasteiger partial charge in [0.1, 0.15) is 18.4 Å². The van der Waals surface area contributed by atoms with Crippen molar-refractivity contribution in [1.82, 2.24) is 16.2 Å². The van der Waals surface area contributed by atoms with Crippen LogP contribution in [0.1, 0.15) is 36.7 Å². The van der Waals surface area contributed by atoms with E-state index in [1.54, 1.807) is 69.3 Å². The number of halogens is 1. The van der Waals surface area contributed by atoms with Crippen molar-refractivity contribution < 1.29 is 23.9 Å². The summed E-state index contributed by atoms with van der Waals surface area (Å²) in [6.07, 6.45) is -0.695. The molecular weight excluding hydrogens is 422 g/mol.